The Bertz CT molecular complexity index is 1800. The van der Waals surface area contributed by atoms with Crippen molar-refractivity contribution in [3.8, 4) is 11.8 Å². The van der Waals surface area contributed by atoms with Crippen LogP contribution in [0, 0.1) is 41.4 Å². The fourth-order valence-corrected chi connectivity index (χ4v) is 9.15. The Kier molecular flexibility index (Phi) is 13.4. The summed E-state index contributed by atoms with van der Waals surface area (Å²) >= 11 is 0. The Morgan fingerprint density at radius 3 is 2.47 bits per heavy atom. The van der Waals surface area contributed by atoms with Gasteiger partial charge in [0, 0.05) is 46.9 Å². The van der Waals surface area contributed by atoms with E-state index in [1.54, 1.807) is 20.0 Å². The number of pyridine rings is 1. The number of carbonyl (C=O) groups excluding carboxylic acids is 3. The molecule has 1 aromatic heterocycles. The number of carbonyl (C=O) groups is 3. The Hall–Kier alpha value is -3.50. The number of aliphatic hydroxyl groups is 1. The van der Waals surface area contributed by atoms with Crippen molar-refractivity contribution in [2.45, 2.75) is 123 Å². The van der Waals surface area contributed by atoms with Crippen LogP contribution < -0.4 is 0 Å². The molecule has 300 valence electrons. The van der Waals surface area contributed by atoms with Crippen LogP contribution in [0.4, 0.5) is 0 Å². The minimum absolute atomic E-state index is 0.0480. The van der Waals surface area contributed by atoms with E-state index in [-0.39, 0.29) is 37.6 Å². The first-order valence-electron chi connectivity index (χ1n) is 19.6. The van der Waals surface area contributed by atoms with Crippen molar-refractivity contribution in [3.05, 3.63) is 54.2 Å². The number of esters is 1. The fourth-order valence-electron chi connectivity index (χ4n) is 9.15. The van der Waals surface area contributed by atoms with E-state index in [0.717, 1.165) is 22.0 Å². The van der Waals surface area contributed by atoms with Gasteiger partial charge in [0.2, 0.25) is 0 Å². The highest BCUT2D eigenvalue weighted by Gasteiger charge is 2.55. The number of cyclic esters (lactones) is 1. The van der Waals surface area contributed by atoms with Gasteiger partial charge in [-0.25, -0.2) is 0 Å². The monoisotopic (exact) mass is 760 g/mol. The van der Waals surface area contributed by atoms with Gasteiger partial charge < -0.3 is 33.7 Å². The highest BCUT2D eigenvalue weighted by atomic mass is 16.7. The predicted octanol–water partition coefficient (Wildman–Crippen LogP) is 5.54. The van der Waals surface area contributed by atoms with Gasteiger partial charge in [0.25, 0.3) is 0 Å². The van der Waals surface area contributed by atoms with Gasteiger partial charge in [-0.1, -0.05) is 52.2 Å². The Balaban J connectivity index is 1.57. The molecule has 13 atom stereocenters. The van der Waals surface area contributed by atoms with Gasteiger partial charge in [-0.3, -0.25) is 19.4 Å². The number of aromatic nitrogens is 1. The van der Waals surface area contributed by atoms with E-state index in [2.05, 4.69) is 23.4 Å². The van der Waals surface area contributed by atoms with Gasteiger partial charge in [0.1, 0.15) is 36.1 Å². The standard InChI is InChI=1S/C44H60N2O9/c1-12-35-44(9)36(26(3)24-52-44)28(5)37(47)25(2)23-43(8,51-20-14-15-31-17-18-33-32(22-31)16-13-19-45-33)40(29(6)38(48)30(7)41(50)54-35)55-42-39(49)34(46(10)11)21-27(4)53-42/h13,16-19,22,25,27-30,34-36,39-40,42,49H,3,12,20-21,23-24H2,1-2,4-11H3/t25?,27-,28?,29+,30?,34+,35-,36+,39-,40-,42+,43-,44-/m1/s1. The zero-order chi connectivity index (χ0) is 40.4. The highest BCUT2D eigenvalue weighted by molar-refractivity contribution is 6.00. The minimum atomic E-state index is -1.34. The summed E-state index contributed by atoms with van der Waals surface area (Å²) in [7, 11) is 3.77. The summed E-state index contributed by atoms with van der Waals surface area (Å²) in [5.41, 5.74) is 0.0227. The molecule has 3 unspecified atom stereocenters. The number of hydrogen-bond acceptors (Lipinski definition) is 11. The van der Waals surface area contributed by atoms with Gasteiger partial charge in [0.15, 0.2) is 12.1 Å². The van der Waals surface area contributed by atoms with Crippen molar-refractivity contribution in [2.24, 2.45) is 29.6 Å². The van der Waals surface area contributed by atoms with E-state index in [1.165, 1.54) is 0 Å². The number of nitrogens with zero attached hydrogens (tertiary/aromatic N) is 2. The number of aliphatic hydroxyl groups excluding tert-OH is 1. The summed E-state index contributed by atoms with van der Waals surface area (Å²) in [6, 6.07) is 9.31. The van der Waals surface area contributed by atoms with E-state index in [1.807, 2.05) is 90.9 Å². The lowest BCUT2D eigenvalue weighted by atomic mass is 9.69. The second-order valence-electron chi connectivity index (χ2n) is 16.6. The third kappa shape index (κ3) is 8.90. The Morgan fingerprint density at radius 2 is 1.78 bits per heavy atom. The van der Waals surface area contributed by atoms with Gasteiger partial charge in [-0.15, -0.1) is 0 Å². The van der Waals surface area contributed by atoms with Gasteiger partial charge in [-0.05, 0) is 90.9 Å². The highest BCUT2D eigenvalue weighted by Crippen LogP contribution is 2.46. The molecule has 3 aliphatic rings. The molecule has 0 radical (unpaired) electrons. The molecule has 0 bridgehead atoms. The molecular formula is C44H60N2O9. The Morgan fingerprint density at radius 1 is 1.05 bits per heavy atom. The lowest BCUT2D eigenvalue weighted by Crippen LogP contribution is -2.59. The number of benzene rings is 1. The molecule has 0 amide bonds. The van der Waals surface area contributed by atoms with Gasteiger partial charge >= 0.3 is 5.97 Å². The third-order valence-electron chi connectivity index (χ3n) is 12.2. The number of hydrogen-bond donors (Lipinski definition) is 1. The molecule has 1 aromatic carbocycles. The number of Topliss-reactive ketones (excluding diaryl/α,β-unsaturated/α-hetero) is 2. The summed E-state index contributed by atoms with van der Waals surface area (Å²) in [6.07, 6.45) is -1.40. The second kappa shape index (κ2) is 17.3. The molecule has 2 aromatic rings. The first-order valence-corrected chi connectivity index (χ1v) is 19.6. The molecule has 0 saturated carbocycles. The number of rotatable bonds is 6. The molecule has 5 rings (SSSR count). The van der Waals surface area contributed by atoms with Crippen LogP contribution >= 0.6 is 0 Å². The summed E-state index contributed by atoms with van der Waals surface area (Å²) in [6.45, 7) is 18.9. The molecule has 3 saturated heterocycles. The van der Waals surface area contributed by atoms with Crippen LogP contribution in [-0.2, 0) is 38.1 Å². The fraction of sp³-hybridized carbons (Fsp3) is 0.636. The second-order valence-corrected chi connectivity index (χ2v) is 16.6. The summed E-state index contributed by atoms with van der Waals surface area (Å²) in [5.74, 6) is 1.43. The number of likely N-dealkylation sites (N-methyl/N-ethyl adjacent to an activating group) is 1. The lowest BCUT2D eigenvalue weighted by Gasteiger charge is -2.47. The number of ether oxygens (including phenoxy) is 5. The van der Waals surface area contributed by atoms with Crippen LogP contribution in [0.1, 0.15) is 80.2 Å². The lowest BCUT2D eigenvalue weighted by molar-refractivity contribution is -0.296. The maximum Gasteiger partial charge on any atom is 0.316 e. The number of fused-ring (bicyclic) bond motifs is 2. The maximum absolute atomic E-state index is 14.6. The normalized spacial score (nSPS) is 37.9. The third-order valence-corrected chi connectivity index (χ3v) is 12.2. The zero-order valence-electron chi connectivity index (χ0n) is 34.2. The van der Waals surface area contributed by atoms with Gasteiger partial charge in [-0.2, -0.15) is 0 Å². The molecule has 3 fully saturated rings. The van der Waals surface area contributed by atoms with Crippen molar-refractivity contribution >= 4 is 28.4 Å². The zero-order valence-corrected chi connectivity index (χ0v) is 34.2. The van der Waals surface area contributed by atoms with Crippen LogP contribution in [0.25, 0.3) is 10.9 Å². The molecule has 0 spiro atoms. The van der Waals surface area contributed by atoms with Gasteiger partial charge in [0.05, 0.1) is 29.9 Å². The van der Waals surface area contributed by atoms with Crippen LogP contribution in [0.3, 0.4) is 0 Å². The van der Waals surface area contributed by atoms with Crippen molar-refractivity contribution in [2.75, 3.05) is 27.3 Å². The van der Waals surface area contributed by atoms with Crippen molar-refractivity contribution in [1.82, 2.24) is 9.88 Å². The van der Waals surface area contributed by atoms with E-state index < -0.39 is 77.1 Å². The maximum atomic E-state index is 14.6. The van der Waals surface area contributed by atoms with E-state index in [9.17, 15) is 19.5 Å². The minimum Gasteiger partial charge on any atom is -0.459 e. The first kappa shape index (κ1) is 42.6. The summed E-state index contributed by atoms with van der Waals surface area (Å²) < 4.78 is 32.1. The average molecular weight is 761 g/mol. The van der Waals surface area contributed by atoms with Crippen molar-refractivity contribution in [3.63, 3.8) is 0 Å². The molecular weight excluding hydrogens is 700 g/mol. The largest absolute Gasteiger partial charge is 0.459 e. The molecule has 55 heavy (non-hydrogen) atoms. The first-order chi connectivity index (χ1) is 25.9. The van der Waals surface area contributed by atoms with E-state index in [4.69, 9.17) is 23.7 Å². The molecule has 1 N–H and O–H groups in total. The predicted molar refractivity (Wildman–Crippen MR) is 209 cm³/mol. The molecule has 4 heterocycles. The molecule has 11 heteroatoms. The topological polar surface area (TPSA) is 134 Å². The molecule has 3 aliphatic heterocycles. The smallest absolute Gasteiger partial charge is 0.316 e. The van der Waals surface area contributed by atoms with Crippen LogP contribution in [-0.4, -0.2) is 108 Å². The summed E-state index contributed by atoms with van der Waals surface area (Å²) in [4.78, 5) is 49.2. The van der Waals surface area contributed by atoms with E-state index in [0.29, 0.717) is 12.8 Å². The van der Waals surface area contributed by atoms with Crippen LogP contribution in [0.15, 0.2) is 48.7 Å². The van der Waals surface area contributed by atoms with Crippen molar-refractivity contribution in [1.29, 1.82) is 0 Å². The quantitative estimate of drug-likeness (QED) is 0.172. The SMILES string of the molecule is C=C1CO[C@]2(C)[C@@H](CC)OC(=O)C(C)C(=O)[C@H](C)[C@@H](O[C@@H]3O[C@H](C)C[C@H](N(C)C)[C@H]3O)[C@](C)(OCC#Cc3ccc4ncccc4c3)CC(C)C(=O)C(C)[C@H]12. The Labute approximate surface area is 326 Å². The van der Waals surface area contributed by atoms with Crippen molar-refractivity contribution < 1.29 is 43.2 Å². The number of ketones is 2. The van der Waals surface area contributed by atoms with Crippen LogP contribution in [0.2, 0.25) is 0 Å². The average Bonchev–Trinajstić information content (AvgIpc) is 3.47. The van der Waals surface area contributed by atoms with E-state index >= 15 is 0 Å². The molecule has 11 nitrogen and oxygen atoms in total. The van der Waals surface area contributed by atoms with Crippen LogP contribution in [0.5, 0.6) is 0 Å². The summed E-state index contributed by atoms with van der Waals surface area (Å²) in [5, 5.41) is 12.5. The molecule has 0 aliphatic carbocycles.